The Labute approximate surface area is 131 Å². The minimum Gasteiger partial charge on any atom is -0.490 e. The van der Waals surface area contributed by atoms with E-state index >= 15 is 0 Å². The molecule has 0 aliphatic carbocycles. The van der Waals surface area contributed by atoms with Crippen LogP contribution in [0.15, 0.2) is 54.9 Å². The number of pyridine rings is 1. The molecule has 4 heteroatoms. The third-order valence-corrected chi connectivity index (χ3v) is 3.86. The smallest absolute Gasteiger partial charge is 0.227 e. The van der Waals surface area contributed by atoms with Gasteiger partial charge in [-0.15, -0.1) is 0 Å². The molecule has 0 saturated heterocycles. The van der Waals surface area contributed by atoms with Crippen molar-refractivity contribution < 1.29 is 14.1 Å². The lowest BCUT2D eigenvalue weighted by atomic mass is 10.1. The van der Waals surface area contributed by atoms with Gasteiger partial charge in [-0.1, -0.05) is 18.2 Å². The van der Waals surface area contributed by atoms with Gasteiger partial charge in [0, 0.05) is 25.0 Å². The van der Waals surface area contributed by atoms with Crippen molar-refractivity contribution in [1.82, 2.24) is 0 Å². The van der Waals surface area contributed by atoms with Crippen molar-refractivity contribution in [2.24, 2.45) is 0 Å². The number of carbonyl (C=O) groups is 1. The molecule has 1 aromatic carbocycles. The Morgan fingerprint density at radius 1 is 1.09 bits per heavy atom. The lowest BCUT2D eigenvalue weighted by molar-refractivity contribution is -0.697. The summed E-state index contributed by atoms with van der Waals surface area (Å²) in [5, 5.41) is 0. The molecule has 2 aromatic rings. The Bertz CT molecular complexity index is 628. The summed E-state index contributed by atoms with van der Waals surface area (Å²) in [6.07, 6.45) is 6.61. The second kappa shape index (κ2) is 7.07. The van der Waals surface area contributed by atoms with Gasteiger partial charge in [0.25, 0.3) is 0 Å². The topological polar surface area (TPSA) is 33.4 Å². The summed E-state index contributed by atoms with van der Waals surface area (Å²) in [6.45, 7) is 2.17. The van der Waals surface area contributed by atoms with Gasteiger partial charge in [0.05, 0.1) is 12.2 Å². The van der Waals surface area contributed by atoms with Gasteiger partial charge in [-0.25, -0.2) is 4.57 Å². The van der Waals surface area contributed by atoms with Crippen molar-refractivity contribution in [2.45, 2.75) is 25.8 Å². The van der Waals surface area contributed by atoms with Crippen LogP contribution in [0.25, 0.3) is 0 Å². The highest BCUT2D eigenvalue weighted by Gasteiger charge is 2.22. The standard InChI is InChI=1S/C18H21N2O2/c21-18(10-4-7-13-19-11-5-1-6-12-19)20-14-15-22-17-9-3-2-8-16(17)20/h1-3,5-6,8-9,11-12H,4,7,10,13-15H2/q+1. The third-order valence-electron chi connectivity index (χ3n) is 3.86. The molecule has 4 nitrogen and oxygen atoms in total. The monoisotopic (exact) mass is 297 g/mol. The first-order valence-electron chi connectivity index (χ1n) is 7.81. The summed E-state index contributed by atoms with van der Waals surface area (Å²) in [5.74, 6) is 0.996. The van der Waals surface area contributed by atoms with Crippen molar-refractivity contribution in [2.75, 3.05) is 18.1 Å². The zero-order chi connectivity index (χ0) is 15.2. The average Bonchev–Trinajstić information content (AvgIpc) is 2.59. The van der Waals surface area contributed by atoms with Crippen LogP contribution in [0.4, 0.5) is 5.69 Å². The summed E-state index contributed by atoms with van der Waals surface area (Å²) in [7, 11) is 0. The van der Waals surface area contributed by atoms with Crippen LogP contribution in [0.3, 0.4) is 0 Å². The number of hydrogen-bond acceptors (Lipinski definition) is 2. The first kappa shape index (κ1) is 14.6. The van der Waals surface area contributed by atoms with E-state index in [1.165, 1.54) is 0 Å². The van der Waals surface area contributed by atoms with Crippen molar-refractivity contribution >= 4 is 11.6 Å². The number of benzene rings is 1. The highest BCUT2D eigenvalue weighted by molar-refractivity contribution is 5.95. The van der Waals surface area contributed by atoms with E-state index in [4.69, 9.17) is 4.74 Å². The SMILES string of the molecule is O=C(CCCC[n+]1ccccc1)N1CCOc2ccccc21. The maximum absolute atomic E-state index is 12.4. The molecule has 1 aliphatic rings. The molecule has 0 bridgehead atoms. The number of fused-ring (bicyclic) bond motifs is 1. The highest BCUT2D eigenvalue weighted by Crippen LogP contribution is 2.31. The molecule has 0 saturated carbocycles. The van der Waals surface area contributed by atoms with Crippen LogP contribution in [0, 0.1) is 0 Å². The highest BCUT2D eigenvalue weighted by atomic mass is 16.5. The van der Waals surface area contributed by atoms with Gasteiger partial charge in [0.15, 0.2) is 12.4 Å². The number of rotatable bonds is 5. The van der Waals surface area contributed by atoms with Gasteiger partial charge in [-0.2, -0.15) is 0 Å². The molecule has 3 rings (SSSR count). The lowest BCUT2D eigenvalue weighted by Gasteiger charge is -2.29. The molecule has 0 unspecified atom stereocenters. The summed E-state index contributed by atoms with van der Waals surface area (Å²) in [5.41, 5.74) is 0.899. The molecule has 2 heterocycles. The van der Waals surface area contributed by atoms with Crippen LogP contribution < -0.4 is 14.2 Å². The summed E-state index contributed by atoms with van der Waals surface area (Å²) < 4.78 is 7.74. The molecule has 0 spiro atoms. The second-order valence-corrected chi connectivity index (χ2v) is 5.43. The van der Waals surface area contributed by atoms with Crippen molar-refractivity contribution in [1.29, 1.82) is 0 Å². The number of aryl methyl sites for hydroxylation is 1. The minimum atomic E-state index is 0.189. The van der Waals surface area contributed by atoms with E-state index in [9.17, 15) is 4.79 Å². The number of unbranched alkanes of at least 4 members (excludes halogenated alkanes) is 1. The Balaban J connectivity index is 1.51. The van der Waals surface area contributed by atoms with Gasteiger partial charge in [-0.3, -0.25) is 4.79 Å². The number of para-hydroxylation sites is 2. The molecule has 0 radical (unpaired) electrons. The number of amides is 1. The van der Waals surface area contributed by atoms with Gasteiger partial charge >= 0.3 is 0 Å². The lowest BCUT2D eigenvalue weighted by Crippen LogP contribution is -2.38. The number of aromatic nitrogens is 1. The van der Waals surface area contributed by atoms with Crippen molar-refractivity contribution in [3.63, 3.8) is 0 Å². The fourth-order valence-electron chi connectivity index (χ4n) is 2.72. The number of hydrogen-bond donors (Lipinski definition) is 0. The predicted molar refractivity (Wildman–Crippen MR) is 84.8 cm³/mol. The summed E-state index contributed by atoms with van der Waals surface area (Å²) in [4.78, 5) is 14.3. The quantitative estimate of drug-likeness (QED) is 0.628. The fraction of sp³-hybridized carbons (Fsp3) is 0.333. The van der Waals surface area contributed by atoms with E-state index in [-0.39, 0.29) is 5.91 Å². The van der Waals surface area contributed by atoms with E-state index in [0.717, 1.165) is 30.8 Å². The molecule has 22 heavy (non-hydrogen) atoms. The summed E-state index contributed by atoms with van der Waals surface area (Å²) >= 11 is 0. The van der Waals surface area contributed by atoms with Crippen molar-refractivity contribution in [3.8, 4) is 5.75 Å². The van der Waals surface area contributed by atoms with E-state index < -0.39 is 0 Å². The number of anilines is 1. The zero-order valence-corrected chi connectivity index (χ0v) is 12.6. The average molecular weight is 297 g/mol. The predicted octanol–water partition coefficient (Wildman–Crippen LogP) is 2.57. The van der Waals surface area contributed by atoms with E-state index in [1.54, 1.807) is 0 Å². The molecular weight excluding hydrogens is 276 g/mol. The van der Waals surface area contributed by atoms with Crippen LogP contribution in [0.1, 0.15) is 19.3 Å². The van der Waals surface area contributed by atoms with Crippen molar-refractivity contribution in [3.05, 3.63) is 54.9 Å². The van der Waals surface area contributed by atoms with Crippen LogP contribution in [-0.4, -0.2) is 19.1 Å². The first-order valence-corrected chi connectivity index (χ1v) is 7.81. The Morgan fingerprint density at radius 2 is 1.91 bits per heavy atom. The molecule has 114 valence electrons. The third kappa shape index (κ3) is 3.45. The number of ether oxygens (including phenoxy) is 1. The largest absolute Gasteiger partial charge is 0.490 e. The number of nitrogens with zero attached hydrogens (tertiary/aromatic N) is 2. The van der Waals surface area contributed by atoms with Crippen LogP contribution in [-0.2, 0) is 11.3 Å². The maximum Gasteiger partial charge on any atom is 0.227 e. The van der Waals surface area contributed by atoms with Crippen LogP contribution in [0.5, 0.6) is 5.75 Å². The molecule has 0 fully saturated rings. The Morgan fingerprint density at radius 3 is 2.77 bits per heavy atom. The maximum atomic E-state index is 12.4. The molecule has 0 atom stereocenters. The van der Waals surface area contributed by atoms with E-state index in [0.29, 0.717) is 19.6 Å². The van der Waals surface area contributed by atoms with E-state index in [2.05, 4.69) is 17.0 Å². The van der Waals surface area contributed by atoms with Gasteiger partial charge in [0.2, 0.25) is 5.91 Å². The van der Waals surface area contributed by atoms with E-state index in [1.807, 2.05) is 47.4 Å². The van der Waals surface area contributed by atoms with Crippen LogP contribution in [0.2, 0.25) is 0 Å². The molecule has 1 amide bonds. The second-order valence-electron chi connectivity index (χ2n) is 5.43. The van der Waals surface area contributed by atoms with Gasteiger partial charge in [0.1, 0.15) is 18.9 Å². The molecule has 1 aliphatic heterocycles. The molecular formula is C18H21N2O2+. The van der Waals surface area contributed by atoms with Gasteiger partial charge < -0.3 is 9.64 Å². The summed E-state index contributed by atoms with van der Waals surface area (Å²) in [6, 6.07) is 13.8. The Hall–Kier alpha value is -2.36. The number of carbonyl (C=O) groups excluding carboxylic acids is 1. The fourth-order valence-corrected chi connectivity index (χ4v) is 2.72. The minimum absolute atomic E-state index is 0.189. The van der Waals surface area contributed by atoms with Gasteiger partial charge in [-0.05, 0) is 18.6 Å². The first-order chi connectivity index (χ1) is 10.8. The van der Waals surface area contributed by atoms with Crippen LogP contribution >= 0.6 is 0 Å². The molecule has 0 N–H and O–H groups in total. The normalized spacial score (nSPS) is 13.4. The zero-order valence-electron chi connectivity index (χ0n) is 12.6. The Kier molecular flexibility index (Phi) is 4.68. The molecule has 1 aromatic heterocycles.